The molecule has 11 rings (SSSR count). The first kappa shape index (κ1) is 34.6. The lowest BCUT2D eigenvalue weighted by Gasteiger charge is -2.34. The van der Waals surface area contributed by atoms with Crippen LogP contribution in [0.4, 0.5) is 0 Å². The largest absolute Gasteiger partial charge is 0.228 e. The highest BCUT2D eigenvalue weighted by Crippen LogP contribution is 2.56. The van der Waals surface area contributed by atoms with Crippen LogP contribution in [-0.2, 0) is 5.41 Å². The summed E-state index contributed by atoms with van der Waals surface area (Å²) in [4.78, 5) is 10.7. The van der Waals surface area contributed by atoms with E-state index in [2.05, 4.69) is 231 Å². The topological polar surface area (TPSA) is 25.8 Å². The van der Waals surface area contributed by atoms with Crippen LogP contribution in [0.15, 0.2) is 231 Å². The van der Waals surface area contributed by atoms with Crippen LogP contribution in [0.1, 0.15) is 22.3 Å². The Morgan fingerprint density at radius 2 is 0.746 bits per heavy atom. The molecule has 0 radical (unpaired) electrons. The monoisotopic (exact) mass is 750 g/mol. The van der Waals surface area contributed by atoms with Gasteiger partial charge in [-0.25, -0.2) is 9.97 Å². The van der Waals surface area contributed by atoms with Crippen molar-refractivity contribution in [2.24, 2.45) is 0 Å². The summed E-state index contributed by atoms with van der Waals surface area (Å²) >= 11 is 0. The summed E-state index contributed by atoms with van der Waals surface area (Å²) < 4.78 is 0. The van der Waals surface area contributed by atoms with Gasteiger partial charge >= 0.3 is 0 Å². The number of para-hydroxylation sites is 1. The third-order valence-corrected chi connectivity index (χ3v) is 11.9. The molecule has 10 aromatic rings. The van der Waals surface area contributed by atoms with Crippen LogP contribution in [0.3, 0.4) is 0 Å². The molecular weight excluding hydrogens is 713 g/mol. The Kier molecular flexibility index (Phi) is 8.41. The van der Waals surface area contributed by atoms with E-state index in [-0.39, 0.29) is 0 Å². The number of aromatic nitrogens is 2. The normalized spacial score (nSPS) is 12.5. The van der Waals surface area contributed by atoms with Crippen molar-refractivity contribution in [2.75, 3.05) is 0 Å². The van der Waals surface area contributed by atoms with E-state index in [0.717, 1.165) is 55.5 Å². The summed E-state index contributed by atoms with van der Waals surface area (Å²) in [6.45, 7) is 0. The van der Waals surface area contributed by atoms with Crippen molar-refractivity contribution in [3.8, 4) is 67.2 Å². The second kappa shape index (κ2) is 14.4. The quantitative estimate of drug-likeness (QED) is 0.162. The van der Waals surface area contributed by atoms with E-state index in [9.17, 15) is 0 Å². The van der Waals surface area contributed by atoms with Gasteiger partial charge in [-0.05, 0) is 103 Å². The van der Waals surface area contributed by atoms with Crippen molar-refractivity contribution in [3.05, 3.63) is 253 Å². The molecule has 0 N–H and O–H groups in total. The molecule has 276 valence electrons. The summed E-state index contributed by atoms with van der Waals surface area (Å²) in [6, 6.07) is 83.0. The van der Waals surface area contributed by atoms with Crippen molar-refractivity contribution >= 4 is 10.9 Å². The van der Waals surface area contributed by atoms with Gasteiger partial charge in [-0.2, -0.15) is 0 Å². The Morgan fingerprint density at radius 1 is 0.288 bits per heavy atom. The first-order valence-electron chi connectivity index (χ1n) is 20.2. The van der Waals surface area contributed by atoms with Gasteiger partial charge in [0.15, 0.2) is 5.82 Å². The van der Waals surface area contributed by atoms with Crippen molar-refractivity contribution in [1.29, 1.82) is 0 Å². The van der Waals surface area contributed by atoms with E-state index in [1.165, 1.54) is 38.9 Å². The zero-order valence-electron chi connectivity index (χ0n) is 32.3. The van der Waals surface area contributed by atoms with Crippen molar-refractivity contribution in [2.45, 2.75) is 5.41 Å². The molecule has 9 aromatic carbocycles. The fraction of sp³-hybridized carbons (Fsp3) is 0.0175. The molecule has 0 bridgehead atoms. The molecule has 0 saturated carbocycles. The van der Waals surface area contributed by atoms with Gasteiger partial charge in [0, 0.05) is 16.5 Å². The molecular formula is C57H38N2. The molecule has 0 fully saturated rings. The summed E-state index contributed by atoms with van der Waals surface area (Å²) in [5.74, 6) is 0.693. The van der Waals surface area contributed by atoms with Gasteiger partial charge in [0.2, 0.25) is 0 Å². The predicted octanol–water partition coefficient (Wildman–Crippen LogP) is 14.3. The minimum Gasteiger partial charge on any atom is -0.228 e. The minimum atomic E-state index is -0.491. The number of rotatable bonds is 7. The van der Waals surface area contributed by atoms with Crippen LogP contribution in [0.5, 0.6) is 0 Å². The molecule has 0 amide bonds. The smallest absolute Gasteiger partial charge is 0.160 e. The van der Waals surface area contributed by atoms with Gasteiger partial charge < -0.3 is 0 Å². The van der Waals surface area contributed by atoms with E-state index in [1.807, 2.05) is 0 Å². The van der Waals surface area contributed by atoms with Crippen LogP contribution >= 0.6 is 0 Å². The predicted molar refractivity (Wildman–Crippen MR) is 244 cm³/mol. The first-order valence-corrected chi connectivity index (χ1v) is 20.2. The summed E-state index contributed by atoms with van der Waals surface area (Å²) in [5, 5.41) is 1.02. The third-order valence-electron chi connectivity index (χ3n) is 11.9. The second-order valence-electron chi connectivity index (χ2n) is 15.3. The summed E-state index contributed by atoms with van der Waals surface area (Å²) in [6.07, 6.45) is 0. The van der Waals surface area contributed by atoms with E-state index in [4.69, 9.17) is 9.97 Å². The third kappa shape index (κ3) is 5.88. The maximum atomic E-state index is 5.42. The number of hydrogen-bond acceptors (Lipinski definition) is 2. The Labute approximate surface area is 344 Å². The highest BCUT2D eigenvalue weighted by molar-refractivity contribution is 5.95. The Bertz CT molecular complexity index is 3110. The van der Waals surface area contributed by atoms with E-state index in [1.54, 1.807) is 0 Å². The van der Waals surface area contributed by atoms with E-state index < -0.39 is 5.41 Å². The number of benzene rings is 9. The lowest BCUT2D eigenvalue weighted by atomic mass is 9.67. The van der Waals surface area contributed by atoms with Gasteiger partial charge in [-0.1, -0.05) is 194 Å². The molecule has 1 aliphatic carbocycles. The SMILES string of the molecule is c1ccc(-c2cc(-c3cccc(C4(c5ccccc5)c5ccccc5-c5ccccc54)c3)cc(-c3nc(-c4cccc(-c5ccccc5)c4)c4ccccc4n3)c2)cc1. The van der Waals surface area contributed by atoms with Crippen LogP contribution < -0.4 is 0 Å². The highest BCUT2D eigenvalue weighted by atomic mass is 14.9. The molecule has 59 heavy (non-hydrogen) atoms. The standard InChI is InChI=1S/C57H38N2/c1-4-18-39(19-5-1)41-22-16-24-43(34-41)55-51-30-12-15-33-54(51)58-56(59-55)46-36-44(40-20-6-2-7-21-40)35-45(37-46)42-23-17-27-48(38-42)57(47-25-8-3-9-26-47)52-31-13-10-28-49(52)50-29-11-14-32-53(50)57/h1-38H. The molecule has 2 nitrogen and oxygen atoms in total. The lowest BCUT2D eigenvalue weighted by Crippen LogP contribution is -2.28. The highest BCUT2D eigenvalue weighted by Gasteiger charge is 2.45. The number of hydrogen-bond donors (Lipinski definition) is 0. The van der Waals surface area contributed by atoms with Gasteiger partial charge in [-0.3, -0.25) is 0 Å². The summed E-state index contributed by atoms with van der Waals surface area (Å²) in [7, 11) is 0. The van der Waals surface area contributed by atoms with Crippen molar-refractivity contribution in [1.82, 2.24) is 9.97 Å². The van der Waals surface area contributed by atoms with Crippen molar-refractivity contribution < 1.29 is 0 Å². The molecule has 1 aromatic heterocycles. The molecule has 0 saturated heterocycles. The Balaban J connectivity index is 1.12. The Hall–Kier alpha value is -7.68. The molecule has 0 spiro atoms. The molecule has 0 aliphatic heterocycles. The average Bonchev–Trinajstić information content (AvgIpc) is 3.63. The van der Waals surface area contributed by atoms with Gasteiger partial charge in [0.05, 0.1) is 16.6 Å². The minimum absolute atomic E-state index is 0.491. The molecule has 0 atom stereocenters. The van der Waals surface area contributed by atoms with Crippen LogP contribution in [0.25, 0.3) is 78.1 Å². The molecule has 2 heteroatoms. The van der Waals surface area contributed by atoms with E-state index >= 15 is 0 Å². The Morgan fingerprint density at radius 3 is 1.44 bits per heavy atom. The molecule has 1 heterocycles. The maximum absolute atomic E-state index is 5.42. The van der Waals surface area contributed by atoms with Crippen LogP contribution in [0.2, 0.25) is 0 Å². The van der Waals surface area contributed by atoms with Gasteiger partial charge in [0.1, 0.15) is 0 Å². The number of nitrogens with zero attached hydrogens (tertiary/aromatic N) is 2. The molecule has 1 aliphatic rings. The average molecular weight is 751 g/mol. The van der Waals surface area contributed by atoms with E-state index in [0.29, 0.717) is 5.82 Å². The first-order chi connectivity index (χ1) is 29.2. The fourth-order valence-electron chi connectivity index (χ4n) is 9.27. The lowest BCUT2D eigenvalue weighted by molar-refractivity contribution is 0.769. The van der Waals surface area contributed by atoms with Gasteiger partial charge in [-0.15, -0.1) is 0 Å². The zero-order valence-corrected chi connectivity index (χ0v) is 32.3. The fourth-order valence-corrected chi connectivity index (χ4v) is 9.27. The number of fused-ring (bicyclic) bond motifs is 4. The van der Waals surface area contributed by atoms with Crippen molar-refractivity contribution in [3.63, 3.8) is 0 Å². The second-order valence-corrected chi connectivity index (χ2v) is 15.3. The maximum Gasteiger partial charge on any atom is 0.160 e. The van der Waals surface area contributed by atoms with Gasteiger partial charge in [0.25, 0.3) is 0 Å². The van der Waals surface area contributed by atoms with Crippen LogP contribution in [0, 0.1) is 0 Å². The molecule has 0 unspecified atom stereocenters. The summed E-state index contributed by atoms with van der Waals surface area (Å²) in [5.41, 5.74) is 17.8. The zero-order chi connectivity index (χ0) is 39.2. The van der Waals surface area contributed by atoms with Crippen LogP contribution in [-0.4, -0.2) is 9.97 Å².